The van der Waals surface area contributed by atoms with E-state index in [4.69, 9.17) is 4.74 Å². The van der Waals surface area contributed by atoms with E-state index in [1.54, 1.807) is 18.3 Å². The van der Waals surface area contributed by atoms with Crippen molar-refractivity contribution in [3.05, 3.63) is 72.2 Å². The number of aromatic nitrogens is 3. The van der Waals surface area contributed by atoms with E-state index >= 15 is 0 Å². The van der Waals surface area contributed by atoms with Crippen LogP contribution in [-0.2, 0) is 11.3 Å². The summed E-state index contributed by atoms with van der Waals surface area (Å²) in [5.41, 5.74) is 2.88. The molecule has 1 saturated heterocycles. The molecule has 3 heterocycles. The first kappa shape index (κ1) is 18.8. The molecule has 1 aromatic carbocycles. The Labute approximate surface area is 168 Å². The smallest absolute Gasteiger partial charge is 0.276 e. The maximum absolute atomic E-state index is 12.7. The minimum atomic E-state index is -0.297. The largest absolute Gasteiger partial charge is 0.378 e. The molecular formula is C21H22N6O2. The van der Waals surface area contributed by atoms with Crippen molar-refractivity contribution in [1.82, 2.24) is 15.2 Å². The maximum Gasteiger partial charge on any atom is 0.276 e. The van der Waals surface area contributed by atoms with Gasteiger partial charge >= 0.3 is 0 Å². The number of amides is 1. The predicted octanol–water partition coefficient (Wildman–Crippen LogP) is 2.57. The number of nitrogens with one attached hydrogen (secondary N) is 2. The van der Waals surface area contributed by atoms with Crippen LogP contribution in [0.1, 0.15) is 16.2 Å². The van der Waals surface area contributed by atoms with Gasteiger partial charge in [0.2, 0.25) is 0 Å². The zero-order valence-electron chi connectivity index (χ0n) is 15.9. The van der Waals surface area contributed by atoms with Crippen LogP contribution in [0.25, 0.3) is 0 Å². The number of benzene rings is 1. The monoisotopic (exact) mass is 390 g/mol. The van der Waals surface area contributed by atoms with E-state index < -0.39 is 0 Å². The Morgan fingerprint density at radius 1 is 1.00 bits per heavy atom. The average molecular weight is 390 g/mol. The van der Waals surface area contributed by atoms with Gasteiger partial charge in [-0.2, -0.15) is 0 Å². The van der Waals surface area contributed by atoms with Crippen LogP contribution in [0.4, 0.5) is 17.2 Å². The van der Waals surface area contributed by atoms with E-state index in [2.05, 4.69) is 30.7 Å². The summed E-state index contributed by atoms with van der Waals surface area (Å²) in [6.07, 6.45) is 1.74. The number of anilines is 3. The molecule has 4 rings (SSSR count). The third-order valence-corrected chi connectivity index (χ3v) is 4.58. The summed E-state index contributed by atoms with van der Waals surface area (Å²) in [6, 6.07) is 16.9. The molecule has 2 N–H and O–H groups in total. The summed E-state index contributed by atoms with van der Waals surface area (Å²) in [5, 5.41) is 14.2. The molecule has 29 heavy (non-hydrogen) atoms. The number of morpholine rings is 1. The van der Waals surface area contributed by atoms with E-state index in [1.807, 2.05) is 42.5 Å². The number of hydrogen-bond acceptors (Lipinski definition) is 7. The van der Waals surface area contributed by atoms with Gasteiger partial charge in [0.15, 0.2) is 5.69 Å². The fourth-order valence-electron chi connectivity index (χ4n) is 3.08. The molecule has 8 heteroatoms. The van der Waals surface area contributed by atoms with Crippen LogP contribution in [0, 0.1) is 0 Å². The summed E-state index contributed by atoms with van der Waals surface area (Å²) in [4.78, 5) is 19.1. The Morgan fingerprint density at radius 3 is 2.59 bits per heavy atom. The Kier molecular flexibility index (Phi) is 5.92. The van der Waals surface area contributed by atoms with Crippen LogP contribution in [0.3, 0.4) is 0 Å². The number of pyridine rings is 1. The first-order valence-corrected chi connectivity index (χ1v) is 9.50. The highest BCUT2D eigenvalue weighted by atomic mass is 16.5. The van der Waals surface area contributed by atoms with Crippen molar-refractivity contribution in [3.63, 3.8) is 0 Å². The molecule has 0 radical (unpaired) electrons. The average Bonchev–Trinajstić information content (AvgIpc) is 2.80. The van der Waals surface area contributed by atoms with Gasteiger partial charge in [-0.15, -0.1) is 10.2 Å². The molecule has 1 fully saturated rings. The molecule has 0 atom stereocenters. The second kappa shape index (κ2) is 9.11. The number of nitrogens with zero attached hydrogens (tertiary/aromatic N) is 4. The second-order valence-electron chi connectivity index (χ2n) is 6.55. The van der Waals surface area contributed by atoms with Crippen molar-refractivity contribution in [2.24, 2.45) is 0 Å². The molecule has 148 valence electrons. The zero-order valence-corrected chi connectivity index (χ0v) is 15.9. The molecular weight excluding hydrogens is 368 g/mol. The van der Waals surface area contributed by atoms with E-state index in [9.17, 15) is 4.79 Å². The van der Waals surface area contributed by atoms with Gasteiger partial charge in [0.1, 0.15) is 5.82 Å². The van der Waals surface area contributed by atoms with Gasteiger partial charge in [0.05, 0.1) is 36.8 Å². The Balaban J connectivity index is 1.40. The van der Waals surface area contributed by atoms with E-state index in [0.717, 1.165) is 30.2 Å². The number of carbonyl (C=O) groups is 1. The molecule has 3 aromatic rings. The van der Waals surface area contributed by atoms with Crippen molar-refractivity contribution >= 4 is 23.1 Å². The van der Waals surface area contributed by atoms with Crippen LogP contribution < -0.4 is 15.5 Å². The molecule has 8 nitrogen and oxygen atoms in total. The van der Waals surface area contributed by atoms with E-state index in [1.165, 1.54) is 0 Å². The van der Waals surface area contributed by atoms with Gasteiger partial charge in [-0.05, 0) is 36.4 Å². The van der Waals surface area contributed by atoms with Crippen molar-refractivity contribution in [3.8, 4) is 0 Å². The minimum Gasteiger partial charge on any atom is -0.378 e. The van der Waals surface area contributed by atoms with Crippen LogP contribution in [0.15, 0.2) is 60.8 Å². The molecule has 1 aliphatic heterocycles. The van der Waals surface area contributed by atoms with Crippen molar-refractivity contribution < 1.29 is 9.53 Å². The van der Waals surface area contributed by atoms with Crippen LogP contribution in [-0.4, -0.2) is 47.4 Å². The summed E-state index contributed by atoms with van der Waals surface area (Å²) in [6.45, 7) is 3.49. The van der Waals surface area contributed by atoms with Gasteiger partial charge in [0, 0.05) is 19.3 Å². The molecule has 2 aromatic heterocycles. The lowest BCUT2D eigenvalue weighted by Gasteiger charge is -2.30. The summed E-state index contributed by atoms with van der Waals surface area (Å²) in [5.74, 6) is 0.287. The number of ether oxygens (including phenoxy) is 1. The van der Waals surface area contributed by atoms with E-state index in [-0.39, 0.29) is 11.6 Å². The van der Waals surface area contributed by atoms with Crippen LogP contribution in [0.5, 0.6) is 0 Å². The van der Waals surface area contributed by atoms with Gasteiger partial charge in [-0.25, -0.2) is 0 Å². The van der Waals surface area contributed by atoms with Gasteiger partial charge in [-0.1, -0.05) is 18.2 Å². The third kappa shape index (κ3) is 4.85. The van der Waals surface area contributed by atoms with Crippen molar-refractivity contribution in [2.75, 3.05) is 41.8 Å². The van der Waals surface area contributed by atoms with Gasteiger partial charge in [0.25, 0.3) is 5.91 Å². The van der Waals surface area contributed by atoms with E-state index in [0.29, 0.717) is 25.6 Å². The zero-order chi connectivity index (χ0) is 19.9. The Hall–Kier alpha value is -3.52. The minimum absolute atomic E-state index is 0.255. The lowest BCUT2D eigenvalue weighted by Crippen LogP contribution is -2.36. The topological polar surface area (TPSA) is 92.3 Å². The number of hydrogen-bond donors (Lipinski definition) is 2. The first-order chi connectivity index (χ1) is 14.3. The first-order valence-electron chi connectivity index (χ1n) is 9.50. The highest BCUT2D eigenvalue weighted by Gasteiger charge is 2.17. The van der Waals surface area contributed by atoms with Gasteiger partial charge in [-0.3, -0.25) is 9.78 Å². The summed E-state index contributed by atoms with van der Waals surface area (Å²) >= 11 is 0. The maximum atomic E-state index is 12.7. The van der Waals surface area contributed by atoms with Crippen molar-refractivity contribution in [1.29, 1.82) is 0 Å². The third-order valence-electron chi connectivity index (χ3n) is 4.58. The normalized spacial score (nSPS) is 13.7. The van der Waals surface area contributed by atoms with Crippen LogP contribution >= 0.6 is 0 Å². The molecule has 0 aliphatic carbocycles. The fraction of sp³-hybridized carbons (Fsp3) is 0.238. The SMILES string of the molecule is O=C(Nc1ccccc1N1CCOCC1)c1ccc(NCc2ccccn2)nn1. The molecule has 0 unspecified atom stereocenters. The summed E-state index contributed by atoms with van der Waals surface area (Å²) in [7, 11) is 0. The molecule has 0 bridgehead atoms. The molecule has 1 amide bonds. The predicted molar refractivity (Wildman–Crippen MR) is 111 cm³/mol. The van der Waals surface area contributed by atoms with Crippen molar-refractivity contribution in [2.45, 2.75) is 6.54 Å². The standard InChI is InChI=1S/C21H22N6O2/c28-21(24-17-6-1-2-7-19(17)27-11-13-29-14-12-27)18-8-9-20(26-25-18)23-15-16-5-3-4-10-22-16/h1-10H,11-15H2,(H,23,26)(H,24,28). The number of carbonyl (C=O) groups excluding carboxylic acids is 1. The van der Waals surface area contributed by atoms with Gasteiger partial charge < -0.3 is 20.3 Å². The quantitative estimate of drug-likeness (QED) is 0.668. The van der Waals surface area contributed by atoms with Crippen LogP contribution in [0.2, 0.25) is 0 Å². The lowest BCUT2D eigenvalue weighted by atomic mass is 10.2. The Morgan fingerprint density at radius 2 is 1.83 bits per heavy atom. The molecule has 0 spiro atoms. The Bertz CT molecular complexity index is 943. The number of rotatable bonds is 6. The second-order valence-corrected chi connectivity index (χ2v) is 6.55. The highest BCUT2D eigenvalue weighted by Crippen LogP contribution is 2.26. The number of para-hydroxylation sites is 2. The fourth-order valence-corrected chi connectivity index (χ4v) is 3.08. The summed E-state index contributed by atoms with van der Waals surface area (Å²) < 4.78 is 5.41. The lowest BCUT2D eigenvalue weighted by molar-refractivity contribution is 0.102. The highest BCUT2D eigenvalue weighted by molar-refractivity contribution is 6.04. The molecule has 0 saturated carbocycles. The molecule has 1 aliphatic rings.